The highest BCUT2D eigenvalue weighted by molar-refractivity contribution is 7.09. The highest BCUT2D eigenvalue weighted by Gasteiger charge is 2.29. The SMILES string of the molecule is CC(C)c1csc(C2CCCN(C(=O)C(N)c3ccccc3)C2)n1.Cl.Cl. The largest absolute Gasteiger partial charge is 0.340 e. The second kappa shape index (κ2) is 10.3. The number of likely N-dealkylation sites (tertiary alicyclic amines) is 1. The summed E-state index contributed by atoms with van der Waals surface area (Å²) in [4.78, 5) is 19.5. The van der Waals surface area contributed by atoms with Crippen LogP contribution in [-0.2, 0) is 4.79 Å². The maximum Gasteiger partial charge on any atom is 0.244 e. The number of thiazole rings is 1. The van der Waals surface area contributed by atoms with E-state index in [2.05, 4.69) is 19.2 Å². The topological polar surface area (TPSA) is 59.2 Å². The number of nitrogens with zero attached hydrogens (tertiary/aromatic N) is 2. The van der Waals surface area contributed by atoms with Gasteiger partial charge in [0.1, 0.15) is 6.04 Å². The minimum atomic E-state index is -0.576. The first-order valence-corrected chi connectivity index (χ1v) is 9.49. The van der Waals surface area contributed by atoms with Gasteiger partial charge in [-0.25, -0.2) is 4.98 Å². The van der Waals surface area contributed by atoms with E-state index < -0.39 is 6.04 Å². The third-order valence-corrected chi connectivity index (χ3v) is 5.66. The molecule has 2 N–H and O–H groups in total. The molecule has 1 amide bonds. The van der Waals surface area contributed by atoms with Crippen LogP contribution in [0.1, 0.15) is 60.8 Å². The van der Waals surface area contributed by atoms with Gasteiger partial charge >= 0.3 is 0 Å². The Labute approximate surface area is 172 Å². The zero-order chi connectivity index (χ0) is 17.1. The number of benzene rings is 1. The van der Waals surface area contributed by atoms with Crippen molar-refractivity contribution in [1.29, 1.82) is 0 Å². The lowest BCUT2D eigenvalue weighted by atomic mass is 9.97. The Morgan fingerprint density at radius 3 is 2.58 bits per heavy atom. The molecule has 1 saturated heterocycles. The molecule has 7 heteroatoms. The quantitative estimate of drug-likeness (QED) is 0.798. The van der Waals surface area contributed by atoms with Gasteiger partial charge in [-0.2, -0.15) is 0 Å². The highest BCUT2D eigenvalue weighted by Crippen LogP contribution is 2.31. The summed E-state index contributed by atoms with van der Waals surface area (Å²) in [6.45, 7) is 5.84. The molecule has 3 rings (SSSR count). The number of carbonyl (C=O) groups excluding carboxylic acids is 1. The van der Waals surface area contributed by atoms with E-state index in [-0.39, 0.29) is 30.7 Å². The zero-order valence-electron chi connectivity index (χ0n) is 15.1. The van der Waals surface area contributed by atoms with Gasteiger partial charge in [-0.1, -0.05) is 44.2 Å². The molecule has 1 aromatic carbocycles. The number of rotatable bonds is 4. The van der Waals surface area contributed by atoms with Crippen LogP contribution in [0.25, 0.3) is 0 Å². The number of aromatic nitrogens is 1. The van der Waals surface area contributed by atoms with Gasteiger partial charge in [0.25, 0.3) is 0 Å². The van der Waals surface area contributed by atoms with Crippen molar-refractivity contribution in [3.05, 3.63) is 52.0 Å². The predicted molar refractivity (Wildman–Crippen MR) is 113 cm³/mol. The van der Waals surface area contributed by atoms with E-state index in [0.29, 0.717) is 11.8 Å². The standard InChI is InChI=1S/C19H25N3OS.2ClH/c1-13(2)16-12-24-18(21-16)15-9-6-10-22(11-15)19(23)17(20)14-7-4-3-5-8-14;;/h3-5,7-8,12-13,15,17H,6,9-11,20H2,1-2H3;2*1H. The van der Waals surface area contributed by atoms with Crippen molar-refractivity contribution in [2.45, 2.75) is 44.6 Å². The van der Waals surface area contributed by atoms with Gasteiger partial charge in [0.05, 0.1) is 10.7 Å². The first-order valence-electron chi connectivity index (χ1n) is 8.61. The maximum atomic E-state index is 12.8. The van der Waals surface area contributed by atoms with Gasteiger partial charge in [-0.15, -0.1) is 36.2 Å². The summed E-state index contributed by atoms with van der Waals surface area (Å²) in [6.07, 6.45) is 2.10. The van der Waals surface area contributed by atoms with Crippen molar-refractivity contribution >= 4 is 42.1 Å². The van der Waals surface area contributed by atoms with Crippen molar-refractivity contribution < 1.29 is 4.79 Å². The third-order valence-electron chi connectivity index (χ3n) is 4.64. The first kappa shape index (κ1) is 22.9. The summed E-state index contributed by atoms with van der Waals surface area (Å²) < 4.78 is 0. The van der Waals surface area contributed by atoms with Crippen molar-refractivity contribution in [2.24, 2.45) is 5.73 Å². The average Bonchev–Trinajstić information content (AvgIpc) is 3.12. The van der Waals surface area contributed by atoms with Crippen LogP contribution in [0.4, 0.5) is 0 Å². The summed E-state index contributed by atoms with van der Waals surface area (Å²) in [7, 11) is 0. The smallest absolute Gasteiger partial charge is 0.244 e. The van der Waals surface area contributed by atoms with Crippen LogP contribution in [0.15, 0.2) is 35.7 Å². The Morgan fingerprint density at radius 2 is 1.96 bits per heavy atom. The molecule has 0 radical (unpaired) electrons. The number of halogens is 2. The second-order valence-corrected chi connectivity index (χ2v) is 7.67. The molecule has 26 heavy (non-hydrogen) atoms. The molecule has 2 aromatic rings. The van der Waals surface area contributed by atoms with Crippen LogP contribution in [0.2, 0.25) is 0 Å². The lowest BCUT2D eigenvalue weighted by Gasteiger charge is -2.33. The maximum absolute atomic E-state index is 12.8. The number of carbonyl (C=O) groups is 1. The van der Waals surface area contributed by atoms with Gasteiger partial charge in [0.2, 0.25) is 5.91 Å². The van der Waals surface area contributed by atoms with Gasteiger partial charge in [-0.3, -0.25) is 4.79 Å². The van der Waals surface area contributed by atoms with Gasteiger partial charge in [0.15, 0.2) is 0 Å². The van der Waals surface area contributed by atoms with Crippen LogP contribution in [0.5, 0.6) is 0 Å². The van der Waals surface area contributed by atoms with Crippen LogP contribution < -0.4 is 5.73 Å². The molecule has 4 nitrogen and oxygen atoms in total. The van der Waals surface area contributed by atoms with E-state index in [4.69, 9.17) is 10.7 Å². The number of nitrogens with two attached hydrogens (primary N) is 1. The fourth-order valence-electron chi connectivity index (χ4n) is 3.13. The molecular formula is C19H27Cl2N3OS. The van der Waals surface area contributed by atoms with E-state index in [1.165, 1.54) is 0 Å². The predicted octanol–water partition coefficient (Wildman–Crippen LogP) is 4.52. The Kier molecular flexibility index (Phi) is 9.04. The summed E-state index contributed by atoms with van der Waals surface area (Å²) >= 11 is 1.72. The zero-order valence-corrected chi connectivity index (χ0v) is 17.6. The monoisotopic (exact) mass is 415 g/mol. The molecule has 2 unspecified atom stereocenters. The van der Waals surface area contributed by atoms with Gasteiger partial charge < -0.3 is 10.6 Å². The number of amides is 1. The average molecular weight is 416 g/mol. The van der Waals surface area contributed by atoms with Crippen LogP contribution in [-0.4, -0.2) is 28.9 Å². The first-order chi connectivity index (χ1) is 11.6. The second-order valence-electron chi connectivity index (χ2n) is 6.78. The Bertz CT molecular complexity index is 693. The van der Waals surface area contributed by atoms with Gasteiger partial charge in [0, 0.05) is 24.4 Å². The molecule has 2 atom stereocenters. The minimum Gasteiger partial charge on any atom is -0.340 e. The third kappa shape index (κ3) is 5.19. The molecule has 1 aliphatic rings. The van der Waals surface area contributed by atoms with Crippen molar-refractivity contribution in [3.8, 4) is 0 Å². The van der Waals surface area contributed by atoms with E-state index >= 15 is 0 Å². The van der Waals surface area contributed by atoms with Crippen molar-refractivity contribution in [1.82, 2.24) is 9.88 Å². The Balaban J connectivity index is 0.00000169. The molecule has 2 heterocycles. The molecule has 0 bridgehead atoms. The molecule has 0 spiro atoms. The molecule has 0 saturated carbocycles. The highest BCUT2D eigenvalue weighted by atomic mass is 35.5. The van der Waals surface area contributed by atoms with Crippen molar-refractivity contribution in [3.63, 3.8) is 0 Å². The van der Waals surface area contributed by atoms with E-state index in [1.54, 1.807) is 11.3 Å². The fraction of sp³-hybridized carbons (Fsp3) is 0.474. The van der Waals surface area contributed by atoms with E-state index in [1.807, 2.05) is 35.2 Å². The molecule has 0 aliphatic carbocycles. The minimum absolute atomic E-state index is 0. The summed E-state index contributed by atoms with van der Waals surface area (Å²) in [5.74, 6) is 0.803. The fourth-order valence-corrected chi connectivity index (χ4v) is 4.24. The lowest BCUT2D eigenvalue weighted by molar-refractivity contribution is -0.134. The Morgan fingerprint density at radius 1 is 1.27 bits per heavy atom. The molecule has 1 aliphatic heterocycles. The molecule has 1 aromatic heterocycles. The summed E-state index contributed by atoms with van der Waals surface area (Å²) in [5, 5.41) is 3.31. The van der Waals surface area contributed by atoms with E-state index in [9.17, 15) is 4.79 Å². The number of hydrogen-bond donors (Lipinski definition) is 1. The Hall–Kier alpha value is -1.14. The molecular weight excluding hydrogens is 389 g/mol. The van der Waals surface area contributed by atoms with Crippen molar-refractivity contribution in [2.75, 3.05) is 13.1 Å². The van der Waals surface area contributed by atoms with Crippen LogP contribution in [0, 0.1) is 0 Å². The lowest BCUT2D eigenvalue weighted by Crippen LogP contribution is -2.43. The van der Waals surface area contributed by atoms with E-state index in [0.717, 1.165) is 42.2 Å². The molecule has 1 fully saturated rings. The number of piperidine rings is 1. The number of hydrogen-bond acceptors (Lipinski definition) is 4. The van der Waals surface area contributed by atoms with Gasteiger partial charge in [-0.05, 0) is 24.3 Å². The summed E-state index contributed by atoms with van der Waals surface area (Å²) in [6, 6.07) is 9.04. The van der Waals surface area contributed by atoms with Crippen LogP contribution in [0.3, 0.4) is 0 Å². The molecule has 144 valence electrons. The van der Waals surface area contributed by atoms with Crippen LogP contribution >= 0.6 is 36.2 Å². The normalized spacial score (nSPS) is 18.0. The summed E-state index contributed by atoms with van der Waals surface area (Å²) in [5.41, 5.74) is 8.22.